The lowest BCUT2D eigenvalue weighted by atomic mass is 10.1. The molecule has 3 heteroatoms. The molecular weight excluding hydrogens is 204 g/mol. The first-order valence-electron chi connectivity index (χ1n) is 5.21. The molecule has 1 atom stereocenters. The second-order valence-electron chi connectivity index (χ2n) is 3.72. The minimum atomic E-state index is -0.0705. The van der Waals surface area contributed by atoms with Crippen LogP contribution in [0.25, 0.3) is 0 Å². The Bertz CT molecular complexity index is 447. The molecule has 0 amide bonds. The lowest BCUT2D eigenvalue weighted by molar-refractivity contribution is 0.271. The Morgan fingerprint density at radius 3 is 2.88 bits per heavy atom. The quantitative estimate of drug-likeness (QED) is 0.750. The number of aromatic hydroxyl groups is 2. The van der Waals surface area contributed by atoms with Gasteiger partial charge in [0.05, 0.1) is 0 Å². The van der Waals surface area contributed by atoms with E-state index in [1.165, 1.54) is 6.07 Å². The number of phenolic OH excluding ortho intramolecular Hbond substituents is 2. The van der Waals surface area contributed by atoms with Crippen LogP contribution in [-0.4, -0.2) is 16.3 Å². The van der Waals surface area contributed by atoms with Gasteiger partial charge < -0.3 is 14.9 Å². The summed E-state index contributed by atoms with van der Waals surface area (Å²) in [7, 11) is 0. The zero-order valence-corrected chi connectivity index (χ0v) is 9.05. The number of hydrogen-bond donors (Lipinski definition) is 2. The van der Waals surface area contributed by atoms with Crippen LogP contribution in [-0.2, 0) is 6.42 Å². The third-order valence-electron chi connectivity index (χ3n) is 2.45. The van der Waals surface area contributed by atoms with Crippen LogP contribution in [0.1, 0.15) is 12.5 Å². The van der Waals surface area contributed by atoms with Crippen LogP contribution < -0.4 is 4.74 Å². The standard InChI is InChI=1S/C13H14O3/c1-2-3-4-5-11-7-9-6-10(14)8-12(15)13(9)16-11/h2-6,8,11,14-15H,7H2,1H3/b3-2+,5-4+/t11-/m0/s1. The molecule has 0 aliphatic carbocycles. The number of benzene rings is 1. The lowest BCUT2D eigenvalue weighted by Crippen LogP contribution is -2.08. The van der Waals surface area contributed by atoms with E-state index in [4.69, 9.17) is 4.74 Å². The summed E-state index contributed by atoms with van der Waals surface area (Å²) in [5.74, 6) is 0.544. The van der Waals surface area contributed by atoms with E-state index in [2.05, 4.69) is 0 Å². The van der Waals surface area contributed by atoms with Crippen LogP contribution in [0.4, 0.5) is 0 Å². The van der Waals surface area contributed by atoms with Gasteiger partial charge in [0.25, 0.3) is 0 Å². The monoisotopic (exact) mass is 218 g/mol. The Labute approximate surface area is 94.3 Å². The molecule has 1 aromatic rings. The van der Waals surface area contributed by atoms with Crippen LogP contribution in [0.3, 0.4) is 0 Å². The minimum Gasteiger partial charge on any atom is -0.508 e. The first-order valence-corrected chi connectivity index (χ1v) is 5.21. The van der Waals surface area contributed by atoms with Crippen molar-refractivity contribution in [2.45, 2.75) is 19.4 Å². The van der Waals surface area contributed by atoms with Crippen LogP contribution in [0.2, 0.25) is 0 Å². The summed E-state index contributed by atoms with van der Waals surface area (Å²) in [5.41, 5.74) is 0.840. The average molecular weight is 218 g/mol. The topological polar surface area (TPSA) is 49.7 Å². The van der Waals surface area contributed by atoms with Crippen LogP contribution in [0.15, 0.2) is 36.4 Å². The van der Waals surface area contributed by atoms with Gasteiger partial charge in [-0.15, -0.1) is 0 Å². The van der Waals surface area contributed by atoms with E-state index < -0.39 is 0 Å². The van der Waals surface area contributed by atoms with Crippen molar-refractivity contribution in [2.75, 3.05) is 0 Å². The Hall–Kier alpha value is -1.90. The molecule has 0 spiro atoms. The number of rotatable bonds is 2. The molecule has 0 aromatic heterocycles. The van der Waals surface area contributed by atoms with Crippen molar-refractivity contribution < 1.29 is 14.9 Å². The van der Waals surface area contributed by atoms with Crippen molar-refractivity contribution in [3.05, 3.63) is 42.0 Å². The predicted octanol–water partition coefficient (Wildman–Crippen LogP) is 2.53. The molecule has 0 radical (unpaired) electrons. The third-order valence-corrected chi connectivity index (χ3v) is 2.45. The highest BCUT2D eigenvalue weighted by Crippen LogP contribution is 2.40. The SMILES string of the molecule is C/C=C/C=C/[C@H]1Cc2cc(O)cc(O)c2O1. The van der Waals surface area contributed by atoms with E-state index in [1.54, 1.807) is 6.07 Å². The second kappa shape index (κ2) is 4.31. The van der Waals surface area contributed by atoms with E-state index in [0.29, 0.717) is 12.2 Å². The van der Waals surface area contributed by atoms with E-state index in [1.807, 2.05) is 31.2 Å². The third kappa shape index (κ3) is 2.03. The molecule has 1 heterocycles. The number of hydrogen-bond acceptors (Lipinski definition) is 3. The van der Waals surface area contributed by atoms with Crippen LogP contribution in [0.5, 0.6) is 17.2 Å². The van der Waals surface area contributed by atoms with Gasteiger partial charge in [-0.3, -0.25) is 0 Å². The van der Waals surface area contributed by atoms with Crippen LogP contribution >= 0.6 is 0 Å². The summed E-state index contributed by atoms with van der Waals surface area (Å²) in [4.78, 5) is 0. The van der Waals surface area contributed by atoms with Crippen molar-refractivity contribution >= 4 is 0 Å². The average Bonchev–Trinajstić information content (AvgIpc) is 2.61. The maximum Gasteiger partial charge on any atom is 0.165 e. The summed E-state index contributed by atoms with van der Waals surface area (Å²) in [6, 6.07) is 2.91. The molecular formula is C13H14O3. The molecule has 0 saturated carbocycles. The number of allylic oxidation sites excluding steroid dienone is 3. The molecule has 0 fully saturated rings. The first kappa shape index (κ1) is 10.6. The summed E-state index contributed by atoms with van der Waals surface area (Å²) in [6.45, 7) is 1.94. The summed E-state index contributed by atoms with van der Waals surface area (Å²) in [5, 5.41) is 18.9. The van der Waals surface area contributed by atoms with Gasteiger partial charge in [0.1, 0.15) is 11.9 Å². The van der Waals surface area contributed by atoms with Crippen molar-refractivity contribution in [2.24, 2.45) is 0 Å². The van der Waals surface area contributed by atoms with Gasteiger partial charge in [-0.25, -0.2) is 0 Å². The smallest absolute Gasteiger partial charge is 0.165 e. The van der Waals surface area contributed by atoms with E-state index in [-0.39, 0.29) is 17.6 Å². The fraction of sp³-hybridized carbons (Fsp3) is 0.231. The molecule has 16 heavy (non-hydrogen) atoms. The molecule has 1 aliphatic heterocycles. The maximum absolute atomic E-state index is 9.58. The Morgan fingerprint density at radius 1 is 1.31 bits per heavy atom. The molecule has 0 saturated heterocycles. The Morgan fingerprint density at radius 2 is 2.12 bits per heavy atom. The van der Waals surface area contributed by atoms with Crippen molar-refractivity contribution in [3.63, 3.8) is 0 Å². The highest BCUT2D eigenvalue weighted by molar-refractivity contribution is 5.53. The molecule has 84 valence electrons. The van der Waals surface area contributed by atoms with E-state index >= 15 is 0 Å². The van der Waals surface area contributed by atoms with Gasteiger partial charge >= 0.3 is 0 Å². The molecule has 0 unspecified atom stereocenters. The summed E-state index contributed by atoms with van der Waals surface area (Å²) < 4.78 is 5.56. The molecule has 1 aromatic carbocycles. The molecule has 2 N–H and O–H groups in total. The number of fused-ring (bicyclic) bond motifs is 1. The van der Waals surface area contributed by atoms with Gasteiger partial charge in [-0.1, -0.05) is 18.2 Å². The van der Waals surface area contributed by atoms with Gasteiger partial charge in [0.15, 0.2) is 11.5 Å². The van der Waals surface area contributed by atoms with Crippen LogP contribution in [0, 0.1) is 0 Å². The zero-order valence-electron chi connectivity index (χ0n) is 9.05. The highest BCUT2D eigenvalue weighted by atomic mass is 16.5. The second-order valence-corrected chi connectivity index (χ2v) is 3.72. The lowest BCUT2D eigenvalue weighted by Gasteiger charge is -2.05. The zero-order chi connectivity index (χ0) is 11.5. The van der Waals surface area contributed by atoms with Crippen molar-refractivity contribution in [1.29, 1.82) is 0 Å². The van der Waals surface area contributed by atoms with Crippen molar-refractivity contribution in [1.82, 2.24) is 0 Å². The number of ether oxygens (including phenoxy) is 1. The Balaban J connectivity index is 2.18. The van der Waals surface area contributed by atoms with Gasteiger partial charge in [0.2, 0.25) is 0 Å². The van der Waals surface area contributed by atoms with E-state index in [0.717, 1.165) is 5.56 Å². The highest BCUT2D eigenvalue weighted by Gasteiger charge is 2.24. The Kier molecular flexibility index (Phi) is 2.86. The van der Waals surface area contributed by atoms with Gasteiger partial charge in [-0.05, 0) is 19.1 Å². The van der Waals surface area contributed by atoms with Gasteiger partial charge in [0, 0.05) is 18.1 Å². The van der Waals surface area contributed by atoms with Crippen molar-refractivity contribution in [3.8, 4) is 17.2 Å². The number of phenols is 2. The molecule has 2 rings (SSSR count). The van der Waals surface area contributed by atoms with Gasteiger partial charge in [-0.2, -0.15) is 0 Å². The largest absolute Gasteiger partial charge is 0.508 e. The molecule has 3 nitrogen and oxygen atoms in total. The first-order chi connectivity index (χ1) is 7.70. The summed E-state index contributed by atoms with van der Waals surface area (Å²) in [6.07, 6.45) is 8.29. The van der Waals surface area contributed by atoms with E-state index in [9.17, 15) is 10.2 Å². The molecule has 0 bridgehead atoms. The predicted molar refractivity (Wildman–Crippen MR) is 61.8 cm³/mol. The summed E-state index contributed by atoms with van der Waals surface area (Å²) >= 11 is 0. The maximum atomic E-state index is 9.58. The normalized spacial score (nSPS) is 19.2. The minimum absolute atomic E-state index is 0.00284. The fourth-order valence-electron chi connectivity index (χ4n) is 1.76. The molecule has 1 aliphatic rings. The fourth-order valence-corrected chi connectivity index (χ4v) is 1.76.